The monoisotopic (exact) mass is 455 g/mol. The van der Waals surface area contributed by atoms with Gasteiger partial charge < -0.3 is 15.0 Å². The molecule has 0 aliphatic carbocycles. The number of halogens is 1. The molecule has 2 aromatic carbocycles. The van der Waals surface area contributed by atoms with Gasteiger partial charge in [0, 0.05) is 12.2 Å². The predicted octanol–water partition coefficient (Wildman–Crippen LogP) is 3.82. The maximum Gasteiger partial charge on any atom is 0.338 e. The average molecular weight is 455 g/mol. The smallest absolute Gasteiger partial charge is 0.338 e. The molecule has 1 fully saturated rings. The van der Waals surface area contributed by atoms with Crippen molar-refractivity contribution in [3.8, 4) is 0 Å². The fraction of sp³-hybridized carbons (Fsp3) is 0.333. The van der Waals surface area contributed by atoms with Crippen LogP contribution in [0.15, 0.2) is 48.5 Å². The second-order valence-electron chi connectivity index (χ2n) is 8.05. The van der Waals surface area contributed by atoms with E-state index in [4.69, 9.17) is 4.74 Å². The number of amides is 4. The lowest BCUT2D eigenvalue weighted by molar-refractivity contribution is -0.124. The largest absolute Gasteiger partial charge is 0.462 e. The highest BCUT2D eigenvalue weighted by molar-refractivity contribution is 6.22. The third-order valence-corrected chi connectivity index (χ3v) is 5.00. The van der Waals surface area contributed by atoms with Crippen LogP contribution in [0.4, 0.5) is 20.6 Å². The van der Waals surface area contributed by atoms with Crippen molar-refractivity contribution in [1.82, 2.24) is 4.90 Å². The second kappa shape index (κ2) is 10.2. The first-order chi connectivity index (χ1) is 15.7. The lowest BCUT2D eigenvalue weighted by Crippen LogP contribution is -2.40. The highest BCUT2D eigenvalue weighted by Gasteiger charge is 2.46. The fourth-order valence-electron chi connectivity index (χ4n) is 3.59. The van der Waals surface area contributed by atoms with Crippen LogP contribution in [0.5, 0.6) is 0 Å². The number of imide groups is 1. The molecule has 9 heteroatoms. The maximum absolute atomic E-state index is 13.3. The van der Waals surface area contributed by atoms with Crippen LogP contribution in [0.2, 0.25) is 0 Å². The van der Waals surface area contributed by atoms with E-state index in [2.05, 4.69) is 5.32 Å². The average Bonchev–Trinajstić information content (AvgIpc) is 2.98. The van der Waals surface area contributed by atoms with Crippen LogP contribution in [0, 0.1) is 11.7 Å². The Bertz CT molecular complexity index is 1050. The Hall–Kier alpha value is -3.75. The first-order valence-electron chi connectivity index (χ1n) is 10.7. The Morgan fingerprint density at radius 1 is 1.12 bits per heavy atom. The van der Waals surface area contributed by atoms with Crippen LogP contribution < -0.4 is 10.2 Å². The Labute approximate surface area is 191 Å². The van der Waals surface area contributed by atoms with Crippen LogP contribution in [0.3, 0.4) is 0 Å². The zero-order chi connectivity index (χ0) is 24.1. The number of nitrogens with zero attached hydrogens (tertiary/aromatic N) is 2. The third-order valence-electron chi connectivity index (χ3n) is 5.00. The quantitative estimate of drug-likeness (QED) is 0.482. The highest BCUT2D eigenvalue weighted by Crippen LogP contribution is 2.28. The van der Waals surface area contributed by atoms with E-state index >= 15 is 0 Å². The Morgan fingerprint density at radius 2 is 1.82 bits per heavy atom. The van der Waals surface area contributed by atoms with Crippen LogP contribution in [-0.4, -0.2) is 47.9 Å². The van der Waals surface area contributed by atoms with E-state index in [0.717, 1.165) is 4.90 Å². The molecule has 1 aliphatic rings. The minimum absolute atomic E-state index is 0.0572. The molecule has 0 bridgehead atoms. The van der Waals surface area contributed by atoms with Crippen LogP contribution in [0.25, 0.3) is 0 Å². The van der Waals surface area contributed by atoms with Gasteiger partial charge in [0.05, 0.1) is 24.3 Å². The SMILES string of the molecule is CCOC(=O)c1cccc(NC(=O)CC2C(=O)N(c3ccc(F)cc3)C(=O)N2CC(C)C)c1. The van der Waals surface area contributed by atoms with Crippen molar-refractivity contribution in [2.45, 2.75) is 33.2 Å². The number of urea groups is 1. The molecule has 0 radical (unpaired) electrons. The van der Waals surface area contributed by atoms with E-state index < -0.39 is 35.7 Å². The van der Waals surface area contributed by atoms with Crippen molar-refractivity contribution < 1.29 is 28.3 Å². The number of anilines is 2. The Balaban J connectivity index is 1.78. The molecule has 2 aromatic rings. The predicted molar refractivity (Wildman–Crippen MR) is 120 cm³/mol. The van der Waals surface area contributed by atoms with Crippen LogP contribution in [-0.2, 0) is 14.3 Å². The summed E-state index contributed by atoms with van der Waals surface area (Å²) in [5.74, 6) is -1.98. The third kappa shape index (κ3) is 5.54. The molecular formula is C24H26FN3O5. The fourth-order valence-corrected chi connectivity index (χ4v) is 3.59. The molecule has 174 valence electrons. The summed E-state index contributed by atoms with van der Waals surface area (Å²) in [6.07, 6.45) is -0.265. The van der Waals surface area contributed by atoms with E-state index in [1.54, 1.807) is 25.1 Å². The van der Waals surface area contributed by atoms with Gasteiger partial charge in [-0.05, 0) is 55.3 Å². The van der Waals surface area contributed by atoms with E-state index in [-0.39, 0.29) is 36.7 Å². The summed E-state index contributed by atoms with van der Waals surface area (Å²) in [6.45, 7) is 6.00. The Morgan fingerprint density at radius 3 is 2.45 bits per heavy atom. The molecule has 1 N–H and O–H groups in total. The first kappa shape index (κ1) is 23.9. The van der Waals surface area contributed by atoms with Gasteiger partial charge >= 0.3 is 12.0 Å². The molecule has 4 amide bonds. The van der Waals surface area contributed by atoms with E-state index in [9.17, 15) is 23.6 Å². The number of hydrogen-bond donors (Lipinski definition) is 1. The summed E-state index contributed by atoms with van der Waals surface area (Å²) in [5, 5.41) is 2.67. The van der Waals surface area contributed by atoms with Crippen LogP contribution in [0.1, 0.15) is 37.6 Å². The van der Waals surface area contributed by atoms with E-state index in [1.807, 2.05) is 13.8 Å². The van der Waals surface area contributed by atoms with Crippen molar-refractivity contribution in [2.75, 3.05) is 23.4 Å². The molecule has 1 unspecified atom stereocenters. The molecule has 1 saturated heterocycles. The van der Waals surface area contributed by atoms with Gasteiger partial charge in [0.1, 0.15) is 11.9 Å². The van der Waals surface area contributed by atoms with Gasteiger partial charge in [-0.25, -0.2) is 18.9 Å². The van der Waals surface area contributed by atoms with Crippen molar-refractivity contribution in [3.63, 3.8) is 0 Å². The van der Waals surface area contributed by atoms with Crippen molar-refractivity contribution in [3.05, 3.63) is 59.9 Å². The number of benzene rings is 2. The first-order valence-corrected chi connectivity index (χ1v) is 10.7. The van der Waals surface area contributed by atoms with Gasteiger partial charge in [0.2, 0.25) is 5.91 Å². The summed E-state index contributed by atoms with van der Waals surface area (Å²) in [4.78, 5) is 53.2. The number of esters is 1. The number of ether oxygens (including phenoxy) is 1. The second-order valence-corrected chi connectivity index (χ2v) is 8.05. The topological polar surface area (TPSA) is 96.0 Å². The van der Waals surface area contributed by atoms with E-state index in [0.29, 0.717) is 5.69 Å². The van der Waals surface area contributed by atoms with Gasteiger partial charge in [-0.2, -0.15) is 0 Å². The lowest BCUT2D eigenvalue weighted by Gasteiger charge is -2.23. The van der Waals surface area contributed by atoms with Gasteiger partial charge in [0.25, 0.3) is 5.91 Å². The molecule has 33 heavy (non-hydrogen) atoms. The number of carbonyl (C=O) groups excluding carboxylic acids is 4. The summed E-state index contributed by atoms with van der Waals surface area (Å²) < 4.78 is 18.3. The van der Waals surface area contributed by atoms with Crippen molar-refractivity contribution in [1.29, 1.82) is 0 Å². The van der Waals surface area contributed by atoms with Gasteiger partial charge in [0.15, 0.2) is 0 Å². The van der Waals surface area contributed by atoms with Gasteiger partial charge in [-0.3, -0.25) is 9.59 Å². The number of carbonyl (C=O) groups is 4. The van der Waals surface area contributed by atoms with Crippen molar-refractivity contribution in [2.24, 2.45) is 5.92 Å². The molecule has 8 nitrogen and oxygen atoms in total. The Kier molecular flexibility index (Phi) is 7.42. The molecule has 0 spiro atoms. The summed E-state index contributed by atoms with van der Waals surface area (Å²) in [6, 6.07) is 9.74. The number of hydrogen-bond acceptors (Lipinski definition) is 5. The highest BCUT2D eigenvalue weighted by atomic mass is 19.1. The van der Waals surface area contributed by atoms with Crippen molar-refractivity contribution >= 4 is 35.2 Å². The normalized spacial score (nSPS) is 15.8. The zero-order valence-corrected chi connectivity index (χ0v) is 18.7. The number of rotatable bonds is 8. The molecule has 1 aliphatic heterocycles. The molecule has 1 heterocycles. The standard InChI is InChI=1S/C24H26FN3O5/c1-4-33-23(31)16-6-5-7-18(12-16)26-21(29)13-20-22(30)28(19-10-8-17(25)9-11-19)24(32)27(20)14-15(2)3/h5-12,15,20H,4,13-14H2,1-3H3,(H,26,29). The molecule has 3 rings (SSSR count). The molecular weight excluding hydrogens is 429 g/mol. The number of nitrogens with one attached hydrogen (secondary N) is 1. The zero-order valence-electron chi connectivity index (χ0n) is 18.7. The molecule has 1 atom stereocenters. The molecule has 0 saturated carbocycles. The summed E-state index contributed by atoms with van der Waals surface area (Å²) in [5.41, 5.74) is 0.893. The van der Waals surface area contributed by atoms with E-state index in [1.165, 1.54) is 35.2 Å². The summed E-state index contributed by atoms with van der Waals surface area (Å²) in [7, 11) is 0. The lowest BCUT2D eigenvalue weighted by atomic mass is 10.1. The maximum atomic E-state index is 13.3. The minimum atomic E-state index is -1.00. The molecule has 0 aromatic heterocycles. The summed E-state index contributed by atoms with van der Waals surface area (Å²) >= 11 is 0. The van der Waals surface area contributed by atoms with Gasteiger partial charge in [-0.1, -0.05) is 19.9 Å². The van der Waals surface area contributed by atoms with Gasteiger partial charge in [-0.15, -0.1) is 0 Å². The van der Waals surface area contributed by atoms with Crippen LogP contribution >= 0.6 is 0 Å². The minimum Gasteiger partial charge on any atom is -0.462 e.